The van der Waals surface area contributed by atoms with Crippen molar-refractivity contribution < 1.29 is 51.0 Å². The number of methoxy groups -OCH3 is 1. The summed E-state index contributed by atoms with van der Waals surface area (Å²) in [5, 5.41) is 10.9. The van der Waals surface area contributed by atoms with Gasteiger partial charge in [-0.25, -0.2) is 12.7 Å². The first-order chi connectivity index (χ1) is 12.4. The summed E-state index contributed by atoms with van der Waals surface area (Å²) in [7, 11) is -2.63. The zero-order chi connectivity index (χ0) is 19.5. The maximum atomic E-state index is 13.1. The van der Waals surface area contributed by atoms with Gasteiger partial charge in [0.15, 0.2) is 11.6 Å². The molecule has 1 N–H and O–H groups in total. The Morgan fingerprint density at radius 3 is 2.46 bits per heavy atom. The predicted molar refractivity (Wildman–Crippen MR) is 112 cm³/mol. The fraction of sp³-hybridized carbons (Fsp3) is 0.263. The van der Waals surface area contributed by atoms with Gasteiger partial charge in [0.05, 0.1) is 13.7 Å². The number of thiazole rings is 1. The molecule has 3 rings (SSSR count). The van der Waals surface area contributed by atoms with Crippen molar-refractivity contribution >= 4 is 37.8 Å². The Morgan fingerprint density at radius 1 is 1.32 bits per heavy atom. The predicted octanol–water partition coefficient (Wildman–Crippen LogP) is 4.10. The van der Waals surface area contributed by atoms with Crippen LogP contribution in [0.5, 0.6) is 5.19 Å². The molecule has 0 amide bonds. The molecule has 1 aliphatic rings. The summed E-state index contributed by atoms with van der Waals surface area (Å²) in [6.45, 7) is 5.59. The van der Waals surface area contributed by atoms with Crippen LogP contribution in [0, 0.1) is 26.7 Å². The second-order valence-corrected chi connectivity index (χ2v) is 7.81. The van der Waals surface area contributed by atoms with Gasteiger partial charge in [-0.2, -0.15) is 4.98 Å². The molecule has 0 saturated heterocycles. The van der Waals surface area contributed by atoms with E-state index >= 15 is 0 Å². The molecule has 0 fully saturated rings. The summed E-state index contributed by atoms with van der Waals surface area (Å²) in [5.41, 5.74) is 1.15. The fourth-order valence-corrected chi connectivity index (χ4v) is 5.13. The molecule has 1 radical (unpaired) electrons. The summed E-state index contributed by atoms with van der Waals surface area (Å²) < 4.78 is 32.2. The first-order valence-corrected chi connectivity index (χ1v) is 10.2. The van der Waals surface area contributed by atoms with Crippen LogP contribution in [0.2, 0.25) is 0 Å². The molecule has 1 aromatic carbocycles. The second-order valence-electron chi connectivity index (χ2n) is 5.05. The summed E-state index contributed by atoms with van der Waals surface area (Å²) in [5.74, 6) is 2.08. The van der Waals surface area contributed by atoms with Gasteiger partial charge >= 0.3 is 0 Å². The van der Waals surface area contributed by atoms with Crippen molar-refractivity contribution in [1.29, 1.82) is 0 Å². The van der Waals surface area contributed by atoms with Crippen LogP contribution in [-0.2, 0) is 42.7 Å². The van der Waals surface area contributed by atoms with E-state index in [2.05, 4.69) is 10.9 Å². The van der Waals surface area contributed by atoms with E-state index in [0.29, 0.717) is 10.4 Å². The number of nitrogens with zero attached hydrogens (tertiary/aromatic N) is 2. The number of aromatic nitrogens is 1. The van der Waals surface area contributed by atoms with E-state index in [1.165, 1.54) is 7.11 Å². The number of anilines is 1. The fourth-order valence-electron chi connectivity index (χ4n) is 2.49. The van der Waals surface area contributed by atoms with Crippen molar-refractivity contribution in [3.63, 3.8) is 0 Å². The average Bonchev–Trinajstić information content (AvgIpc) is 3.06. The molecule has 9 heteroatoms. The Kier molecular flexibility index (Phi) is 10.4. The number of benzene rings is 1. The quantitative estimate of drug-likeness (QED) is 0.512. The van der Waals surface area contributed by atoms with Crippen molar-refractivity contribution in [1.82, 2.24) is 4.98 Å². The van der Waals surface area contributed by atoms with Crippen molar-refractivity contribution in [2.24, 2.45) is 0 Å². The summed E-state index contributed by atoms with van der Waals surface area (Å²) >= 11 is 1.06. The molecule has 0 spiro atoms. The number of aryl methyl sites for hydroxylation is 1. The van der Waals surface area contributed by atoms with Crippen LogP contribution in [0.15, 0.2) is 24.3 Å². The van der Waals surface area contributed by atoms with Crippen LogP contribution in [0.1, 0.15) is 29.9 Å². The maximum absolute atomic E-state index is 13.1. The Hall–Kier alpha value is -1.40. The second kappa shape index (κ2) is 11.0. The number of aliphatic hydroxyl groups excluding tert-OH is 1. The Labute approximate surface area is 196 Å². The Bertz CT molecular complexity index is 992. The number of hydrogen-bond donors (Lipinski definition) is 1. The van der Waals surface area contributed by atoms with E-state index < -0.39 is 10.0 Å². The Balaban J connectivity index is 0.00000177. The van der Waals surface area contributed by atoms with Crippen LogP contribution < -0.4 is 9.04 Å². The monoisotopic (exact) mass is 496 g/mol. The van der Waals surface area contributed by atoms with E-state index in [0.717, 1.165) is 21.2 Å². The zero-order valence-electron chi connectivity index (χ0n) is 16.6. The molecule has 0 unspecified atom stereocenters. The van der Waals surface area contributed by atoms with Gasteiger partial charge in [0.2, 0.25) is 0 Å². The van der Waals surface area contributed by atoms with Gasteiger partial charge in [0.1, 0.15) is 9.78 Å². The van der Waals surface area contributed by atoms with Crippen LogP contribution >= 0.6 is 11.3 Å². The van der Waals surface area contributed by atoms with Gasteiger partial charge in [0, 0.05) is 38.3 Å². The van der Waals surface area contributed by atoms with Crippen molar-refractivity contribution in [3.05, 3.63) is 47.7 Å². The number of hydrogen-bond acceptors (Lipinski definition) is 6. The summed E-state index contributed by atoms with van der Waals surface area (Å²) in [6.07, 6.45) is 5.34. The van der Waals surface area contributed by atoms with Crippen molar-refractivity contribution in [2.45, 2.75) is 20.8 Å². The van der Waals surface area contributed by atoms with Crippen LogP contribution in [-0.4, -0.2) is 32.2 Å². The van der Waals surface area contributed by atoms with Gasteiger partial charge in [-0.05, 0) is 12.5 Å². The number of aliphatic hydroxyl groups is 1. The third kappa shape index (κ3) is 4.60. The molecule has 0 aliphatic carbocycles. The minimum atomic E-state index is -4.05. The first-order valence-electron chi connectivity index (χ1n) is 7.92. The molecule has 0 atom stereocenters. The number of sulfonamides is 1. The molecule has 149 valence electrons. The molecular formula is C19H23N2O4S2Y-. The van der Waals surface area contributed by atoms with Gasteiger partial charge < -0.3 is 17.3 Å². The topological polar surface area (TPSA) is 79.7 Å². The average molecular weight is 496 g/mol. The third-order valence-corrected chi connectivity index (χ3v) is 6.43. The van der Waals surface area contributed by atoms with Crippen LogP contribution in [0.25, 0.3) is 10.7 Å². The number of fused-ring (bicyclic) bond motifs is 1. The van der Waals surface area contributed by atoms with E-state index in [-0.39, 0.29) is 68.4 Å². The zero-order valence-corrected chi connectivity index (χ0v) is 21.0. The number of rotatable bonds is 3. The van der Waals surface area contributed by atoms with E-state index in [9.17, 15) is 13.5 Å². The molecule has 1 aliphatic heterocycles. The standard InChI is InChI=1S/C16H14N2O4S2.C2H6.CH3.Y/c1-4-9-18-15-13(23-16(17-15)22-3)12(19)14(24(18,20)21)11-8-6-5-7-10(11)2;1-2;;/h1,5-8,19H,9H2,2-3H3;1-2H3;1H3;/q;;-1;. The molecule has 0 saturated carbocycles. The molecule has 6 nitrogen and oxygen atoms in total. The van der Waals surface area contributed by atoms with E-state index in [1.807, 2.05) is 13.8 Å². The third-order valence-electron chi connectivity index (χ3n) is 3.60. The minimum Gasteiger partial charge on any atom is -0.505 e. The van der Waals surface area contributed by atoms with Gasteiger partial charge in [0.25, 0.3) is 15.2 Å². The largest absolute Gasteiger partial charge is 0.505 e. The SMILES string of the molecule is C#CCN1c2nc(OC)sc2C(O)=C(c2ccccc2C)S1(=O)=O.CC.[CH3-].[Y]. The molecule has 28 heavy (non-hydrogen) atoms. The number of ether oxygens (including phenoxy) is 1. The van der Waals surface area contributed by atoms with Crippen LogP contribution in [0.4, 0.5) is 5.82 Å². The van der Waals surface area contributed by atoms with E-state index in [1.54, 1.807) is 31.2 Å². The summed E-state index contributed by atoms with van der Waals surface area (Å²) in [4.78, 5) is 4.26. The first kappa shape index (κ1) is 26.6. The van der Waals surface area contributed by atoms with E-state index in [4.69, 9.17) is 11.2 Å². The van der Waals surface area contributed by atoms with Gasteiger partial charge in [-0.3, -0.25) is 0 Å². The van der Waals surface area contributed by atoms with Gasteiger partial charge in [-0.1, -0.05) is 55.4 Å². The normalized spacial score (nSPS) is 13.8. The summed E-state index contributed by atoms with van der Waals surface area (Å²) in [6, 6.07) is 6.94. The Morgan fingerprint density at radius 2 is 1.93 bits per heavy atom. The minimum absolute atomic E-state index is 0. The van der Waals surface area contributed by atoms with Crippen molar-refractivity contribution in [2.75, 3.05) is 18.0 Å². The molecule has 0 bridgehead atoms. The molecule has 1 aromatic heterocycles. The number of terminal acetylenes is 1. The molecule has 2 aromatic rings. The van der Waals surface area contributed by atoms with Gasteiger partial charge in [-0.15, -0.1) is 6.42 Å². The van der Waals surface area contributed by atoms with Crippen molar-refractivity contribution in [3.8, 4) is 17.5 Å². The molecular weight excluding hydrogens is 473 g/mol. The van der Waals surface area contributed by atoms with Crippen LogP contribution in [0.3, 0.4) is 0 Å². The molecule has 2 heterocycles. The smallest absolute Gasteiger partial charge is 0.275 e. The maximum Gasteiger partial charge on any atom is 0.275 e.